The number of fused-ring (bicyclic) bond motifs is 1. The lowest BCUT2D eigenvalue weighted by Gasteiger charge is -2.47. The van der Waals surface area contributed by atoms with Crippen molar-refractivity contribution in [3.63, 3.8) is 0 Å². The molecule has 0 spiro atoms. The van der Waals surface area contributed by atoms with E-state index in [1.54, 1.807) is 91.1 Å². The van der Waals surface area contributed by atoms with Gasteiger partial charge in [-0.15, -0.1) is 0 Å². The van der Waals surface area contributed by atoms with E-state index in [-0.39, 0.29) is 50.2 Å². The van der Waals surface area contributed by atoms with Crippen molar-refractivity contribution in [3.05, 3.63) is 108 Å². The predicted octanol–water partition coefficient (Wildman–Crippen LogP) is -5.55. The van der Waals surface area contributed by atoms with Gasteiger partial charge in [0.25, 0.3) is 0 Å². The quantitative estimate of drug-likeness (QED) is 0.0243. The van der Waals surface area contributed by atoms with Crippen LogP contribution in [-0.2, 0) is 67.0 Å². The van der Waals surface area contributed by atoms with Crippen LogP contribution in [0.25, 0.3) is 10.9 Å². The topological polar surface area (TPSA) is 488 Å². The lowest BCUT2D eigenvalue weighted by molar-refractivity contribution is -0.367. The van der Waals surface area contributed by atoms with Crippen LogP contribution in [0.1, 0.15) is 49.8 Å². The van der Waals surface area contributed by atoms with Gasteiger partial charge in [-0.25, -0.2) is 0 Å². The maximum absolute atomic E-state index is 15.2. The van der Waals surface area contributed by atoms with Gasteiger partial charge in [0.15, 0.2) is 6.29 Å². The van der Waals surface area contributed by atoms with Crippen molar-refractivity contribution in [2.75, 3.05) is 44.4 Å². The zero-order chi connectivity index (χ0) is 67.5. The van der Waals surface area contributed by atoms with Gasteiger partial charge >= 0.3 is 0 Å². The zero-order valence-electron chi connectivity index (χ0n) is 51.2. The highest BCUT2D eigenvalue weighted by Gasteiger charge is 2.53. The van der Waals surface area contributed by atoms with Crippen LogP contribution in [0, 0.1) is 0 Å². The summed E-state index contributed by atoms with van der Waals surface area (Å²) in [5.74, 6) is -9.92. The Morgan fingerprint density at radius 3 is 2.02 bits per heavy atom. The van der Waals surface area contributed by atoms with Crippen LogP contribution >= 0.6 is 21.6 Å². The number of aromatic nitrogens is 1. The van der Waals surface area contributed by atoms with Crippen LogP contribution in [0.2, 0.25) is 0 Å². The second-order valence-corrected chi connectivity index (χ2v) is 25.8. The molecule has 0 radical (unpaired) electrons. The molecule has 0 bridgehead atoms. The summed E-state index contributed by atoms with van der Waals surface area (Å²) < 4.78 is 16.7. The number of H-pyrrole nitrogens is 1. The van der Waals surface area contributed by atoms with E-state index in [0.29, 0.717) is 34.0 Å². The number of nitrogens with one attached hydrogen (secondary N) is 9. The molecule has 4 heterocycles. The fourth-order valence-corrected chi connectivity index (χ4v) is 13.0. The minimum Gasteiger partial charge on any atom is -0.394 e. The number of unbranched alkanes of at least 4 members (excludes halogenated alkanes) is 1. The Morgan fingerprint density at radius 1 is 0.742 bits per heavy atom. The fraction of sp³-hybridized carbons (Fsp3) is 0.557. The second kappa shape index (κ2) is 35.4. The molecule has 1 aromatic heterocycles. The third-order valence-corrected chi connectivity index (χ3v) is 18.6. The molecular formula is C61H86N10O20S2. The van der Waals surface area contributed by atoms with Gasteiger partial charge in [-0.1, -0.05) is 100 Å². The van der Waals surface area contributed by atoms with Crippen LogP contribution in [0.5, 0.6) is 0 Å². The van der Waals surface area contributed by atoms with E-state index in [1.807, 2.05) is 0 Å². The standard InChI is InChI=1S/C61H86N10O20S2/c1-31(74)42(25-72)68-58(86)44-29-93-92-28-43(69-54(82)39(21-33-13-5-3-6-14-33)64-30-61(88)52(80)51(45(76)27-89-61)91-60-50(79)49(78)48(77)46(26-73)90-60)57(85)66-40(22-34-15-7-4-8-16-34)55(83)67-41(23-35-24-63-37-18-10-9-17-36(35)37)56(84)65-38(19-11-12-20-62)53(81)71-47(32(2)75)59(87)70-44/h3-10,13-18,24,31-32,38-52,60,63-64,72-80,88H,11-12,19-23,25-30,62H2,1-2H3,(H,65,84)(H,66,85)(H,67,83)(H,68,86)(H,69,82)(H,70,87)(H,71,81)/t31-,32-,38+,39-,40+,41-,42-,43+,44+,45-,46-,47+,48-,49+,50-,51-,52+,60-,61?/m1/s1. The number of amides is 7. The van der Waals surface area contributed by atoms with Crippen LogP contribution in [-0.4, -0.2) is 257 Å². The van der Waals surface area contributed by atoms with Crippen molar-refractivity contribution < 1.29 is 98.8 Å². The summed E-state index contributed by atoms with van der Waals surface area (Å²) >= 11 is 0. The number of aliphatic hydroxyl groups is 10. The van der Waals surface area contributed by atoms with Gasteiger partial charge < -0.3 is 119 Å². The SMILES string of the molecule is C[C@@H](O)[C@@H]1NC(=O)[C@H](CCCCN)NC(=O)[C@@H](Cc2c[nH]c3ccccc23)NC(=O)[C@H](Cc2ccccc2)NC(=O)[C@@H](NC(=O)[C@@H](Cc2ccccc2)NCC2(O)OC[C@@H](O)[C@@H](O[C@H]3O[C@H](CO)[C@@H](O)[C@H](O)[C@H]3O)[C@@H]2O)CSSC[C@@H](C(=O)N[C@H](CO)[C@@H](C)O)NC1=O. The van der Waals surface area contributed by atoms with Crippen LogP contribution in [0.4, 0.5) is 0 Å². The Balaban J connectivity index is 1.25. The van der Waals surface area contributed by atoms with Gasteiger partial charge in [0.1, 0.15) is 79.0 Å². The minimum absolute atomic E-state index is 0.0380. The number of carbonyl (C=O) groups excluding carboxylic acids is 7. The Morgan fingerprint density at radius 2 is 1.37 bits per heavy atom. The molecule has 30 nitrogen and oxygen atoms in total. The van der Waals surface area contributed by atoms with E-state index in [1.165, 1.54) is 13.8 Å². The maximum atomic E-state index is 15.2. The second-order valence-electron chi connectivity index (χ2n) is 23.3. The molecule has 1 unspecified atom stereocenters. The lowest BCUT2D eigenvalue weighted by atomic mass is 9.95. The summed E-state index contributed by atoms with van der Waals surface area (Å²) in [5, 5.41) is 129. The minimum atomic E-state index is -2.70. The van der Waals surface area contributed by atoms with Gasteiger partial charge in [-0.2, -0.15) is 0 Å². The van der Waals surface area contributed by atoms with Gasteiger partial charge in [0, 0.05) is 41.4 Å². The Hall–Kier alpha value is -6.41. The highest BCUT2D eigenvalue weighted by Crippen LogP contribution is 2.31. The van der Waals surface area contributed by atoms with E-state index in [4.69, 9.17) is 19.9 Å². The summed E-state index contributed by atoms with van der Waals surface area (Å²) in [5.41, 5.74) is 8.20. The summed E-state index contributed by atoms with van der Waals surface area (Å²) in [4.78, 5) is 106. The molecule has 3 aromatic carbocycles. The Kier molecular flexibility index (Phi) is 28.1. The largest absolute Gasteiger partial charge is 0.394 e. The first-order valence-electron chi connectivity index (χ1n) is 30.5. The number of aromatic amines is 1. The molecule has 7 rings (SSSR count). The molecule has 3 aliphatic rings. The van der Waals surface area contributed by atoms with Gasteiger partial charge in [0.05, 0.1) is 50.7 Å². The molecule has 3 aliphatic heterocycles. The molecule has 93 heavy (non-hydrogen) atoms. The number of para-hydroxylation sites is 1. The van der Waals surface area contributed by atoms with E-state index < -0.39 is 183 Å². The lowest BCUT2D eigenvalue weighted by Crippen LogP contribution is -2.68. The number of benzene rings is 3. The van der Waals surface area contributed by atoms with Gasteiger partial charge in [-0.3, -0.25) is 33.6 Å². The molecule has 19 atom stereocenters. The monoisotopic (exact) mass is 1340 g/mol. The highest BCUT2D eigenvalue weighted by atomic mass is 33.1. The average Bonchev–Trinajstić information content (AvgIpc) is 1.33. The van der Waals surface area contributed by atoms with Gasteiger partial charge in [-0.05, 0) is 68.8 Å². The third kappa shape index (κ3) is 20.3. The summed E-state index contributed by atoms with van der Waals surface area (Å²) in [6, 6.07) is 12.2. The van der Waals surface area contributed by atoms with Crippen molar-refractivity contribution in [2.45, 2.75) is 168 Å². The van der Waals surface area contributed by atoms with Crippen molar-refractivity contribution in [3.8, 4) is 0 Å². The maximum Gasteiger partial charge on any atom is 0.245 e. The van der Waals surface area contributed by atoms with Crippen molar-refractivity contribution in [1.29, 1.82) is 0 Å². The van der Waals surface area contributed by atoms with E-state index >= 15 is 14.4 Å². The molecule has 3 saturated heterocycles. The van der Waals surface area contributed by atoms with Crippen molar-refractivity contribution in [1.82, 2.24) is 47.5 Å². The molecule has 3 fully saturated rings. The van der Waals surface area contributed by atoms with Crippen molar-refractivity contribution >= 4 is 73.8 Å². The summed E-state index contributed by atoms with van der Waals surface area (Å²) in [6.07, 6.45) is -15.8. The van der Waals surface area contributed by atoms with Gasteiger partial charge in [0.2, 0.25) is 47.1 Å². The Labute approximate surface area is 543 Å². The summed E-state index contributed by atoms with van der Waals surface area (Å²) in [7, 11) is 1.82. The number of rotatable bonds is 23. The van der Waals surface area contributed by atoms with Crippen molar-refractivity contribution in [2.24, 2.45) is 5.73 Å². The number of hydrogen-bond donors (Lipinski definition) is 20. The Bertz CT molecular complexity index is 3090. The highest BCUT2D eigenvalue weighted by molar-refractivity contribution is 8.76. The predicted molar refractivity (Wildman–Crippen MR) is 337 cm³/mol. The number of nitrogens with two attached hydrogens (primary N) is 1. The number of aliphatic hydroxyl groups excluding tert-OH is 9. The van der Waals surface area contributed by atoms with Crippen LogP contribution in [0.15, 0.2) is 91.1 Å². The molecule has 32 heteroatoms. The van der Waals surface area contributed by atoms with Crippen LogP contribution < -0.4 is 48.3 Å². The number of hydrogen-bond acceptors (Lipinski definition) is 24. The molecule has 7 amide bonds. The molecule has 0 aliphatic carbocycles. The van der Waals surface area contributed by atoms with E-state index in [0.717, 1.165) is 21.6 Å². The number of carbonyl (C=O) groups is 7. The summed E-state index contributed by atoms with van der Waals surface area (Å²) in [6.45, 7) is -0.343. The molecule has 512 valence electrons. The first-order chi connectivity index (χ1) is 44.4. The smallest absolute Gasteiger partial charge is 0.245 e. The normalized spacial score (nSPS) is 30.3. The van der Waals surface area contributed by atoms with E-state index in [9.17, 15) is 70.2 Å². The third-order valence-electron chi connectivity index (χ3n) is 16.2. The first-order valence-corrected chi connectivity index (χ1v) is 33.0. The molecular weight excluding hydrogens is 1260 g/mol. The molecule has 21 N–H and O–H groups in total. The van der Waals surface area contributed by atoms with Crippen LogP contribution in [0.3, 0.4) is 0 Å². The number of ether oxygens (including phenoxy) is 3. The first kappa shape index (κ1) is 74.0. The zero-order valence-corrected chi connectivity index (χ0v) is 52.8. The molecule has 4 aromatic rings. The fourth-order valence-electron chi connectivity index (χ4n) is 10.7. The van der Waals surface area contributed by atoms with E-state index in [2.05, 4.69) is 47.5 Å². The molecule has 0 saturated carbocycles. The average molecular weight is 1340 g/mol.